The second-order valence-corrected chi connectivity index (χ2v) is 4.65. The molecule has 1 aliphatic carbocycles. The molecule has 1 fully saturated rings. The van der Waals surface area contributed by atoms with Gasteiger partial charge in [-0.05, 0) is 12.8 Å². The maximum atomic E-state index is 4.49. The summed E-state index contributed by atoms with van der Waals surface area (Å²) in [4.78, 5) is 4.49. The van der Waals surface area contributed by atoms with Crippen molar-refractivity contribution < 1.29 is 0 Å². The second kappa shape index (κ2) is 4.73. The van der Waals surface area contributed by atoms with Crippen molar-refractivity contribution in [2.75, 3.05) is 12.4 Å². The fraction of sp³-hybridized carbons (Fsp3) is 0.800. The van der Waals surface area contributed by atoms with Crippen LogP contribution in [0.25, 0.3) is 0 Å². The van der Waals surface area contributed by atoms with Gasteiger partial charge < -0.3 is 5.32 Å². The molecular formula is C10H17N3S. The highest BCUT2D eigenvalue weighted by Gasteiger charge is 2.18. The van der Waals surface area contributed by atoms with Crippen LogP contribution in [0.2, 0.25) is 0 Å². The lowest BCUT2D eigenvalue weighted by atomic mass is 10.00. The lowest BCUT2D eigenvalue weighted by Gasteiger charge is -2.08. The van der Waals surface area contributed by atoms with Gasteiger partial charge in [0.05, 0.1) is 0 Å². The van der Waals surface area contributed by atoms with Crippen molar-refractivity contribution in [3.05, 3.63) is 5.82 Å². The van der Waals surface area contributed by atoms with E-state index in [4.69, 9.17) is 0 Å². The third-order valence-corrected chi connectivity index (χ3v) is 3.62. The van der Waals surface area contributed by atoms with Crippen molar-refractivity contribution in [1.82, 2.24) is 9.36 Å². The second-order valence-electron chi connectivity index (χ2n) is 3.90. The van der Waals surface area contributed by atoms with Gasteiger partial charge in [0.15, 0.2) is 0 Å². The van der Waals surface area contributed by atoms with E-state index in [1.165, 1.54) is 50.1 Å². The molecule has 0 atom stereocenters. The summed E-state index contributed by atoms with van der Waals surface area (Å²) in [5, 5.41) is 4.00. The van der Waals surface area contributed by atoms with E-state index in [-0.39, 0.29) is 0 Å². The Hall–Kier alpha value is -0.640. The van der Waals surface area contributed by atoms with Gasteiger partial charge in [-0.1, -0.05) is 25.7 Å². The Balaban J connectivity index is 2.04. The highest BCUT2D eigenvalue weighted by molar-refractivity contribution is 7.09. The van der Waals surface area contributed by atoms with Crippen LogP contribution >= 0.6 is 11.5 Å². The summed E-state index contributed by atoms with van der Waals surface area (Å²) in [6.45, 7) is 0. The van der Waals surface area contributed by atoms with Crippen molar-refractivity contribution in [3.8, 4) is 0 Å². The topological polar surface area (TPSA) is 37.8 Å². The van der Waals surface area contributed by atoms with Crippen molar-refractivity contribution in [1.29, 1.82) is 0 Å². The predicted octanol–water partition coefficient (Wildman–Crippen LogP) is 3.02. The molecule has 1 aromatic heterocycles. The molecule has 1 saturated carbocycles. The molecule has 0 aromatic carbocycles. The van der Waals surface area contributed by atoms with Gasteiger partial charge >= 0.3 is 0 Å². The molecule has 3 nitrogen and oxygen atoms in total. The van der Waals surface area contributed by atoms with Crippen LogP contribution in [-0.2, 0) is 0 Å². The van der Waals surface area contributed by atoms with E-state index in [0.29, 0.717) is 5.92 Å². The lowest BCUT2D eigenvalue weighted by Crippen LogP contribution is -1.99. The number of rotatable bonds is 2. The van der Waals surface area contributed by atoms with Crippen LogP contribution in [0.15, 0.2) is 0 Å². The highest BCUT2D eigenvalue weighted by Crippen LogP contribution is 2.31. The van der Waals surface area contributed by atoms with Crippen LogP contribution in [0, 0.1) is 0 Å². The lowest BCUT2D eigenvalue weighted by molar-refractivity contribution is 0.568. The third-order valence-electron chi connectivity index (χ3n) is 2.88. The summed E-state index contributed by atoms with van der Waals surface area (Å²) >= 11 is 1.48. The molecule has 0 saturated heterocycles. The van der Waals surface area contributed by atoms with Crippen LogP contribution in [-0.4, -0.2) is 16.4 Å². The van der Waals surface area contributed by atoms with E-state index in [0.717, 1.165) is 11.0 Å². The first kappa shape index (κ1) is 9.90. The first-order valence-corrected chi connectivity index (χ1v) is 6.19. The Kier molecular flexibility index (Phi) is 3.35. The minimum atomic E-state index is 0.621. The molecule has 1 heterocycles. The van der Waals surface area contributed by atoms with Crippen LogP contribution < -0.4 is 5.32 Å². The number of aromatic nitrogens is 2. The first-order valence-electron chi connectivity index (χ1n) is 5.41. The molecule has 0 spiro atoms. The molecule has 0 radical (unpaired) electrons. The van der Waals surface area contributed by atoms with Gasteiger partial charge in [-0.15, -0.1) is 0 Å². The van der Waals surface area contributed by atoms with E-state index in [1.54, 1.807) is 0 Å². The van der Waals surface area contributed by atoms with E-state index < -0.39 is 0 Å². The quantitative estimate of drug-likeness (QED) is 0.764. The Morgan fingerprint density at radius 3 is 2.50 bits per heavy atom. The van der Waals surface area contributed by atoms with Gasteiger partial charge in [-0.3, -0.25) is 0 Å². The zero-order valence-electron chi connectivity index (χ0n) is 8.62. The molecule has 1 aromatic rings. The Labute approximate surface area is 89.1 Å². The molecule has 0 unspecified atom stereocenters. The number of anilines is 1. The minimum absolute atomic E-state index is 0.621. The predicted molar refractivity (Wildman–Crippen MR) is 59.9 cm³/mol. The largest absolute Gasteiger partial charge is 0.363 e. The summed E-state index contributed by atoms with van der Waals surface area (Å²) in [5.41, 5.74) is 0. The molecule has 78 valence electrons. The number of nitrogens with one attached hydrogen (secondary N) is 1. The SMILES string of the molecule is CNc1nc(C2CCCCCC2)ns1. The molecular weight excluding hydrogens is 194 g/mol. The summed E-state index contributed by atoms with van der Waals surface area (Å²) < 4.78 is 4.42. The summed E-state index contributed by atoms with van der Waals surface area (Å²) in [7, 11) is 1.90. The first-order chi connectivity index (χ1) is 6.90. The summed E-state index contributed by atoms with van der Waals surface area (Å²) in [6.07, 6.45) is 8.02. The number of hydrogen-bond acceptors (Lipinski definition) is 4. The summed E-state index contributed by atoms with van der Waals surface area (Å²) in [6, 6.07) is 0. The third kappa shape index (κ3) is 2.23. The molecule has 0 amide bonds. The highest BCUT2D eigenvalue weighted by atomic mass is 32.1. The fourth-order valence-electron chi connectivity index (χ4n) is 2.04. The standard InChI is InChI=1S/C10H17N3S/c1-11-10-12-9(13-14-10)8-6-4-2-3-5-7-8/h8H,2-7H2,1H3,(H,11,12,13). The van der Waals surface area contributed by atoms with Crippen LogP contribution in [0.5, 0.6) is 0 Å². The smallest absolute Gasteiger partial charge is 0.202 e. The van der Waals surface area contributed by atoms with Crippen LogP contribution in [0.1, 0.15) is 50.3 Å². The van der Waals surface area contributed by atoms with E-state index >= 15 is 0 Å². The average Bonchev–Trinajstić information content (AvgIpc) is 2.53. The summed E-state index contributed by atoms with van der Waals surface area (Å²) in [5.74, 6) is 1.69. The fourth-order valence-corrected chi connectivity index (χ4v) is 2.64. The monoisotopic (exact) mass is 211 g/mol. The normalized spacial score (nSPS) is 19.2. The average molecular weight is 211 g/mol. The maximum Gasteiger partial charge on any atom is 0.202 e. The van der Waals surface area contributed by atoms with Crippen LogP contribution in [0.3, 0.4) is 0 Å². The molecule has 0 bridgehead atoms. The molecule has 0 aliphatic heterocycles. The van der Waals surface area contributed by atoms with E-state index in [2.05, 4.69) is 14.7 Å². The van der Waals surface area contributed by atoms with Gasteiger partial charge in [0.2, 0.25) is 5.13 Å². The van der Waals surface area contributed by atoms with Crippen LogP contribution in [0.4, 0.5) is 5.13 Å². The van der Waals surface area contributed by atoms with Gasteiger partial charge in [0, 0.05) is 24.5 Å². The Morgan fingerprint density at radius 2 is 1.93 bits per heavy atom. The van der Waals surface area contributed by atoms with Gasteiger partial charge in [-0.2, -0.15) is 4.37 Å². The van der Waals surface area contributed by atoms with Gasteiger partial charge in [0.1, 0.15) is 5.82 Å². The van der Waals surface area contributed by atoms with E-state index in [9.17, 15) is 0 Å². The number of nitrogens with zero attached hydrogens (tertiary/aromatic N) is 2. The number of hydrogen-bond donors (Lipinski definition) is 1. The minimum Gasteiger partial charge on any atom is -0.363 e. The van der Waals surface area contributed by atoms with E-state index in [1.807, 2.05) is 7.05 Å². The van der Waals surface area contributed by atoms with Crippen molar-refractivity contribution in [3.63, 3.8) is 0 Å². The molecule has 2 rings (SSSR count). The zero-order chi connectivity index (χ0) is 9.80. The van der Waals surface area contributed by atoms with Gasteiger partial charge in [0.25, 0.3) is 0 Å². The maximum absolute atomic E-state index is 4.49. The molecule has 1 aliphatic rings. The van der Waals surface area contributed by atoms with Crippen molar-refractivity contribution in [2.45, 2.75) is 44.4 Å². The molecule has 4 heteroatoms. The zero-order valence-corrected chi connectivity index (χ0v) is 9.44. The molecule has 1 N–H and O–H groups in total. The Bertz CT molecular complexity index is 277. The van der Waals surface area contributed by atoms with Gasteiger partial charge in [-0.25, -0.2) is 4.98 Å². The van der Waals surface area contributed by atoms with Crippen molar-refractivity contribution >= 4 is 16.7 Å². The van der Waals surface area contributed by atoms with Crippen molar-refractivity contribution in [2.24, 2.45) is 0 Å². The molecule has 14 heavy (non-hydrogen) atoms. The Morgan fingerprint density at radius 1 is 1.21 bits per heavy atom.